The number of esters is 1. The van der Waals surface area contributed by atoms with Crippen LogP contribution in [0.15, 0.2) is 53.6 Å². The molecule has 2 N–H and O–H groups in total. The van der Waals surface area contributed by atoms with Gasteiger partial charge in [-0.2, -0.15) is 0 Å². The lowest BCUT2D eigenvalue weighted by atomic mass is 9.81. The minimum atomic E-state index is -2.51. The maximum Gasteiger partial charge on any atom is 0.329 e. The number of cyclic esters (lactones) is 1. The lowest BCUT2D eigenvalue weighted by Gasteiger charge is -2.47. The van der Waals surface area contributed by atoms with Crippen LogP contribution in [0.2, 0.25) is 0 Å². The standard InChI is InChI=1S/C52H75NO12/c1-10-39-26-32(2)25-33(3)27-45(61-8)48-46(62-9)29-35(5)52(59,65-48)49(56)50(57)53-23-15-14-20-40(53)51(58)64-47(36(6)41(54)31-42(39)55)34(4)28-38-21-22-43(44(30-38)60-7)63-24-16-19-37-17-12-11-13-18-37/h11-13,17-18,26,28,33,35-36,38-41,43-48,54,59H,10,14-15,20-25,27,29-31H2,1-9H3. The van der Waals surface area contributed by atoms with Crippen molar-refractivity contribution in [1.82, 2.24) is 4.90 Å². The molecule has 0 radical (unpaired) electrons. The van der Waals surface area contributed by atoms with Crippen molar-refractivity contribution in [3.05, 3.63) is 59.2 Å². The van der Waals surface area contributed by atoms with Crippen LogP contribution in [0.5, 0.6) is 0 Å². The van der Waals surface area contributed by atoms with Gasteiger partial charge in [-0.3, -0.25) is 14.4 Å². The lowest BCUT2D eigenvalue weighted by Crippen LogP contribution is -2.64. The second-order valence-electron chi connectivity index (χ2n) is 19.1. The van der Waals surface area contributed by atoms with Crippen molar-refractivity contribution in [1.29, 1.82) is 0 Å². The van der Waals surface area contributed by atoms with E-state index in [4.69, 9.17) is 28.4 Å². The van der Waals surface area contributed by atoms with E-state index in [1.165, 1.54) is 19.1 Å². The number of amides is 1. The van der Waals surface area contributed by atoms with E-state index in [1.54, 1.807) is 21.0 Å². The minimum Gasteiger partial charge on any atom is -0.456 e. The molecule has 2 saturated heterocycles. The number of hydrogen-bond donors (Lipinski definition) is 2. The second kappa shape index (κ2) is 24.3. The Morgan fingerprint density at radius 1 is 0.908 bits per heavy atom. The molecule has 1 amide bonds. The first kappa shape index (κ1) is 52.2. The summed E-state index contributed by atoms with van der Waals surface area (Å²) in [6.45, 7) is 11.6. The molecule has 14 atom stereocenters. The molecule has 2 bridgehead atoms. The number of rotatable bonds is 8. The Kier molecular flexibility index (Phi) is 19.6. The highest BCUT2D eigenvalue weighted by Crippen LogP contribution is 2.39. The van der Waals surface area contributed by atoms with Crippen molar-refractivity contribution in [2.75, 3.05) is 34.5 Å². The lowest BCUT2D eigenvalue weighted by molar-refractivity contribution is -0.302. The first-order valence-corrected chi connectivity index (χ1v) is 23.8. The summed E-state index contributed by atoms with van der Waals surface area (Å²) in [5, 5.41) is 23.9. The van der Waals surface area contributed by atoms with E-state index in [-0.39, 0.29) is 62.2 Å². The van der Waals surface area contributed by atoms with Crippen LogP contribution in [0.3, 0.4) is 0 Å². The molecule has 0 aromatic heterocycles. The van der Waals surface area contributed by atoms with Gasteiger partial charge in [-0.25, -0.2) is 4.79 Å². The summed E-state index contributed by atoms with van der Waals surface area (Å²) in [6, 6.07) is 8.59. The van der Waals surface area contributed by atoms with Crippen molar-refractivity contribution in [2.45, 2.75) is 167 Å². The highest BCUT2D eigenvalue weighted by Gasteiger charge is 2.56. The Balaban J connectivity index is 1.45. The van der Waals surface area contributed by atoms with E-state index >= 15 is 0 Å². The van der Waals surface area contributed by atoms with Crippen LogP contribution in [0, 0.1) is 41.4 Å². The smallest absolute Gasteiger partial charge is 0.329 e. The molecule has 1 aromatic rings. The number of carbonyl (C=O) groups is 4. The SMILES string of the molecule is CCC1C=C(C)CC(C)CC(OC)C2OC(O)(C(=O)C(=O)N3CCCCC3C(=O)OC(C(C)=CC3CCC(OCC#Cc4ccccc4)C(OC)C3)C(C)C(O)CC1=O)C(C)CC2OC. The molecule has 0 spiro atoms. The number of carbonyl (C=O) groups excluding carboxylic acids is 4. The number of aliphatic hydroxyl groups excluding tert-OH is 1. The predicted molar refractivity (Wildman–Crippen MR) is 245 cm³/mol. The average Bonchev–Trinajstić information content (AvgIpc) is 3.30. The van der Waals surface area contributed by atoms with Gasteiger partial charge in [0.25, 0.3) is 11.7 Å². The van der Waals surface area contributed by atoms with Crippen LogP contribution in [0.25, 0.3) is 0 Å². The van der Waals surface area contributed by atoms with E-state index in [2.05, 4.69) is 24.8 Å². The molecule has 360 valence electrons. The maximum atomic E-state index is 14.5. The van der Waals surface area contributed by atoms with Crippen molar-refractivity contribution in [3.63, 3.8) is 0 Å². The van der Waals surface area contributed by atoms with Crippen LogP contribution in [0.4, 0.5) is 0 Å². The summed E-state index contributed by atoms with van der Waals surface area (Å²) in [6.07, 6.45) is 4.66. The predicted octanol–water partition coefficient (Wildman–Crippen LogP) is 6.55. The number of methoxy groups -OCH3 is 3. The monoisotopic (exact) mass is 906 g/mol. The number of hydrogen-bond acceptors (Lipinski definition) is 12. The Morgan fingerprint density at radius 2 is 1.60 bits per heavy atom. The van der Waals surface area contributed by atoms with E-state index in [9.17, 15) is 29.4 Å². The molecule has 14 unspecified atom stereocenters. The third kappa shape index (κ3) is 13.2. The Hall–Kier alpha value is -3.74. The first-order valence-electron chi connectivity index (χ1n) is 23.8. The zero-order valence-electron chi connectivity index (χ0n) is 40.2. The molecule has 5 rings (SSSR count). The largest absolute Gasteiger partial charge is 0.456 e. The average molecular weight is 906 g/mol. The number of nitrogens with zero attached hydrogens (tertiary/aromatic N) is 1. The summed E-state index contributed by atoms with van der Waals surface area (Å²) in [5.41, 5.74) is 2.60. The third-order valence-corrected chi connectivity index (χ3v) is 14.2. The van der Waals surface area contributed by atoms with Crippen molar-refractivity contribution < 1.29 is 57.8 Å². The molecule has 1 saturated carbocycles. The number of allylic oxidation sites excluding steroid dienone is 3. The number of aliphatic hydroxyl groups is 2. The van der Waals surface area contributed by atoms with Crippen molar-refractivity contribution in [2.24, 2.45) is 29.6 Å². The fourth-order valence-corrected chi connectivity index (χ4v) is 10.4. The van der Waals surface area contributed by atoms with Gasteiger partial charge in [-0.15, -0.1) is 0 Å². The topological polar surface area (TPSA) is 167 Å². The van der Waals surface area contributed by atoms with Gasteiger partial charge in [-0.1, -0.05) is 75.5 Å². The molecule has 13 nitrogen and oxygen atoms in total. The number of Topliss-reactive ketones (excluding diaryl/α,β-unsaturated/α-hetero) is 2. The second-order valence-corrected chi connectivity index (χ2v) is 19.1. The first-order chi connectivity index (χ1) is 31.0. The molecule has 4 aliphatic rings. The van der Waals surface area contributed by atoms with Crippen LogP contribution in [-0.2, 0) is 47.6 Å². The Morgan fingerprint density at radius 3 is 2.28 bits per heavy atom. The van der Waals surface area contributed by atoms with Gasteiger partial charge in [0.05, 0.1) is 30.5 Å². The molecule has 1 aliphatic carbocycles. The Labute approximate surface area is 386 Å². The molecule has 1 aromatic carbocycles. The highest BCUT2D eigenvalue weighted by molar-refractivity contribution is 6.39. The summed E-state index contributed by atoms with van der Waals surface area (Å²) in [5.74, 6) is -1.26. The quantitative estimate of drug-likeness (QED) is 0.125. The molecule has 3 fully saturated rings. The van der Waals surface area contributed by atoms with Gasteiger partial charge in [0, 0.05) is 57.6 Å². The van der Waals surface area contributed by atoms with E-state index in [0.29, 0.717) is 50.5 Å². The van der Waals surface area contributed by atoms with Crippen LogP contribution in [0.1, 0.15) is 118 Å². The minimum absolute atomic E-state index is 0.0211. The fourth-order valence-electron chi connectivity index (χ4n) is 10.4. The number of ketones is 2. The maximum absolute atomic E-state index is 14.5. The summed E-state index contributed by atoms with van der Waals surface area (Å²) in [4.78, 5) is 58.3. The van der Waals surface area contributed by atoms with Gasteiger partial charge in [0.1, 0.15) is 30.6 Å². The zero-order valence-corrected chi connectivity index (χ0v) is 40.2. The van der Waals surface area contributed by atoms with Crippen LogP contribution >= 0.6 is 0 Å². The molecule has 3 aliphatic heterocycles. The molecular formula is C52H75NO12. The van der Waals surface area contributed by atoms with Gasteiger partial charge >= 0.3 is 5.97 Å². The van der Waals surface area contributed by atoms with Gasteiger partial charge in [-0.05, 0) is 108 Å². The van der Waals surface area contributed by atoms with Crippen molar-refractivity contribution in [3.8, 4) is 11.8 Å². The zero-order chi connectivity index (χ0) is 47.4. The third-order valence-electron chi connectivity index (χ3n) is 14.2. The Bertz CT molecular complexity index is 1890. The molecular weight excluding hydrogens is 831 g/mol. The number of piperidine rings is 1. The molecule has 65 heavy (non-hydrogen) atoms. The van der Waals surface area contributed by atoms with Crippen molar-refractivity contribution >= 4 is 23.4 Å². The summed E-state index contributed by atoms with van der Waals surface area (Å²) in [7, 11) is 4.74. The van der Waals surface area contributed by atoms with Crippen LogP contribution < -0.4 is 0 Å². The van der Waals surface area contributed by atoms with Gasteiger partial charge in [0.15, 0.2) is 0 Å². The van der Waals surface area contributed by atoms with Gasteiger partial charge < -0.3 is 43.5 Å². The number of benzene rings is 1. The highest BCUT2D eigenvalue weighted by atomic mass is 16.7. The number of ether oxygens (including phenoxy) is 6. The van der Waals surface area contributed by atoms with Gasteiger partial charge in [0.2, 0.25) is 5.79 Å². The molecule has 3 heterocycles. The molecule has 13 heteroatoms. The summed E-state index contributed by atoms with van der Waals surface area (Å²) >= 11 is 0. The summed E-state index contributed by atoms with van der Waals surface area (Å²) < 4.78 is 36.5. The fraction of sp³-hybridized carbons (Fsp3) is 0.692. The normalized spacial score (nSPS) is 36.4. The van der Waals surface area contributed by atoms with E-state index in [0.717, 1.165) is 17.6 Å². The van der Waals surface area contributed by atoms with E-state index in [1.807, 2.05) is 57.2 Å². The number of fused-ring (bicyclic) bond motifs is 3. The van der Waals surface area contributed by atoms with E-state index < -0.39 is 77.8 Å². The van der Waals surface area contributed by atoms with Crippen LogP contribution in [-0.4, -0.2) is 128 Å².